The molecular weight excluding hydrogens is 433 g/mol. The van der Waals surface area contributed by atoms with Gasteiger partial charge in [-0.1, -0.05) is 6.92 Å². The standard InChI is InChI=1S/C23H24FN3O4S/c1-15-9-11-27(12-10-15)23(29)20-14-25-21-8-7-18(13-19(21)22(20)28)32(30,31)26(2)17-5-3-16(24)4-6-17/h3-8,13-15H,9-12H2,1-2H3,(H,25,28). The first-order chi connectivity index (χ1) is 15.2. The van der Waals surface area contributed by atoms with E-state index in [2.05, 4.69) is 11.9 Å². The Morgan fingerprint density at radius 2 is 1.78 bits per heavy atom. The van der Waals surface area contributed by atoms with Crippen molar-refractivity contribution in [3.05, 3.63) is 70.3 Å². The summed E-state index contributed by atoms with van der Waals surface area (Å²) >= 11 is 0. The molecule has 1 aliphatic heterocycles. The molecule has 1 saturated heterocycles. The first-order valence-electron chi connectivity index (χ1n) is 10.4. The summed E-state index contributed by atoms with van der Waals surface area (Å²) in [5.41, 5.74) is 0.197. The van der Waals surface area contributed by atoms with Gasteiger partial charge in [0.25, 0.3) is 15.9 Å². The molecule has 0 unspecified atom stereocenters. The van der Waals surface area contributed by atoms with Crippen LogP contribution in [0.15, 0.2) is 58.4 Å². The van der Waals surface area contributed by atoms with Gasteiger partial charge in [-0.25, -0.2) is 12.8 Å². The summed E-state index contributed by atoms with van der Waals surface area (Å²) in [5, 5.41) is 0.120. The fourth-order valence-corrected chi connectivity index (χ4v) is 5.07. The molecule has 3 aromatic rings. The minimum Gasteiger partial charge on any atom is -0.360 e. The average molecular weight is 458 g/mol. The van der Waals surface area contributed by atoms with Crippen LogP contribution >= 0.6 is 0 Å². The van der Waals surface area contributed by atoms with Crippen molar-refractivity contribution >= 4 is 32.5 Å². The molecule has 0 spiro atoms. The number of anilines is 1. The summed E-state index contributed by atoms with van der Waals surface area (Å²) in [6.07, 6.45) is 3.16. The van der Waals surface area contributed by atoms with Crippen LogP contribution in [0.25, 0.3) is 10.9 Å². The quantitative estimate of drug-likeness (QED) is 0.651. The molecule has 0 radical (unpaired) electrons. The van der Waals surface area contributed by atoms with Gasteiger partial charge in [0.05, 0.1) is 10.6 Å². The predicted octanol–water partition coefficient (Wildman–Crippen LogP) is 3.36. The highest BCUT2D eigenvalue weighted by atomic mass is 32.2. The van der Waals surface area contributed by atoms with Crippen molar-refractivity contribution in [2.45, 2.75) is 24.7 Å². The number of pyridine rings is 1. The maximum Gasteiger partial charge on any atom is 0.264 e. The number of aromatic amines is 1. The number of hydrogen-bond donors (Lipinski definition) is 1. The smallest absolute Gasteiger partial charge is 0.264 e. The molecule has 2 aromatic carbocycles. The monoisotopic (exact) mass is 457 g/mol. The van der Waals surface area contributed by atoms with E-state index in [1.54, 1.807) is 4.90 Å². The highest BCUT2D eigenvalue weighted by molar-refractivity contribution is 7.92. The van der Waals surface area contributed by atoms with Crippen molar-refractivity contribution in [1.82, 2.24) is 9.88 Å². The van der Waals surface area contributed by atoms with Crippen molar-refractivity contribution in [2.75, 3.05) is 24.4 Å². The number of piperidine rings is 1. The van der Waals surface area contributed by atoms with Crippen LogP contribution in [-0.2, 0) is 10.0 Å². The van der Waals surface area contributed by atoms with Crippen LogP contribution in [0.2, 0.25) is 0 Å². The van der Waals surface area contributed by atoms with E-state index in [-0.39, 0.29) is 27.4 Å². The lowest BCUT2D eigenvalue weighted by Gasteiger charge is -2.30. The summed E-state index contributed by atoms with van der Waals surface area (Å²) in [7, 11) is -2.65. The molecule has 1 fully saturated rings. The summed E-state index contributed by atoms with van der Waals surface area (Å²) < 4.78 is 40.5. The lowest BCUT2D eigenvalue weighted by molar-refractivity contribution is 0.0695. The Bertz CT molecular complexity index is 1330. The number of sulfonamides is 1. The van der Waals surface area contributed by atoms with Crippen LogP contribution in [-0.4, -0.2) is 44.3 Å². The molecule has 0 aliphatic carbocycles. The number of halogens is 1. The second-order valence-electron chi connectivity index (χ2n) is 8.16. The normalized spacial score (nSPS) is 15.2. The number of nitrogens with zero attached hydrogens (tertiary/aromatic N) is 2. The lowest BCUT2D eigenvalue weighted by atomic mass is 9.98. The van der Waals surface area contributed by atoms with Gasteiger partial charge < -0.3 is 9.88 Å². The molecule has 2 heterocycles. The highest BCUT2D eigenvalue weighted by Crippen LogP contribution is 2.24. The highest BCUT2D eigenvalue weighted by Gasteiger charge is 2.26. The zero-order valence-electron chi connectivity index (χ0n) is 17.8. The van der Waals surface area contributed by atoms with Gasteiger partial charge in [0.15, 0.2) is 0 Å². The Morgan fingerprint density at radius 1 is 1.12 bits per heavy atom. The zero-order chi connectivity index (χ0) is 23.0. The third kappa shape index (κ3) is 4.00. The largest absolute Gasteiger partial charge is 0.360 e. The summed E-state index contributed by atoms with van der Waals surface area (Å²) in [5.74, 6) is -0.284. The van der Waals surface area contributed by atoms with E-state index in [4.69, 9.17) is 0 Å². The third-order valence-corrected chi connectivity index (χ3v) is 7.78. The van der Waals surface area contributed by atoms with Crippen molar-refractivity contribution in [3.8, 4) is 0 Å². The molecule has 1 aromatic heterocycles. The van der Waals surface area contributed by atoms with E-state index in [0.29, 0.717) is 24.5 Å². The van der Waals surface area contributed by atoms with Crippen molar-refractivity contribution < 1.29 is 17.6 Å². The van der Waals surface area contributed by atoms with Gasteiger partial charge in [0.1, 0.15) is 11.4 Å². The minimum atomic E-state index is -4.01. The van der Waals surface area contributed by atoms with E-state index < -0.39 is 21.3 Å². The Kier molecular flexibility index (Phi) is 5.77. The number of likely N-dealkylation sites (tertiary alicyclic amines) is 1. The number of amides is 1. The fourth-order valence-electron chi connectivity index (χ4n) is 3.85. The third-order valence-electron chi connectivity index (χ3n) is 6.00. The van der Waals surface area contributed by atoms with Gasteiger partial charge in [-0.3, -0.25) is 13.9 Å². The molecule has 9 heteroatoms. The van der Waals surface area contributed by atoms with Gasteiger partial charge in [0.2, 0.25) is 5.43 Å². The molecule has 7 nitrogen and oxygen atoms in total. The fraction of sp³-hybridized carbons (Fsp3) is 0.304. The second-order valence-corrected chi connectivity index (χ2v) is 10.1. The van der Waals surface area contributed by atoms with E-state index in [0.717, 1.165) is 17.1 Å². The van der Waals surface area contributed by atoms with Crippen LogP contribution in [0.1, 0.15) is 30.1 Å². The lowest BCUT2D eigenvalue weighted by Crippen LogP contribution is -2.40. The number of carbonyl (C=O) groups excluding carboxylic acids is 1. The molecule has 1 N–H and O–H groups in total. The van der Waals surface area contributed by atoms with E-state index >= 15 is 0 Å². The number of nitrogens with one attached hydrogen (secondary N) is 1. The second kappa shape index (κ2) is 8.38. The van der Waals surface area contributed by atoms with Crippen LogP contribution in [0.5, 0.6) is 0 Å². The first kappa shape index (κ1) is 22.0. The van der Waals surface area contributed by atoms with E-state index in [1.807, 2.05) is 0 Å². The number of rotatable bonds is 4. The van der Waals surface area contributed by atoms with Gasteiger partial charge in [-0.2, -0.15) is 0 Å². The van der Waals surface area contributed by atoms with Gasteiger partial charge in [-0.05, 0) is 61.2 Å². The Labute approximate surface area is 185 Å². The zero-order valence-corrected chi connectivity index (χ0v) is 18.7. The van der Waals surface area contributed by atoms with Gasteiger partial charge in [-0.15, -0.1) is 0 Å². The average Bonchev–Trinajstić information content (AvgIpc) is 2.79. The Hall–Kier alpha value is -3.20. The molecule has 0 saturated carbocycles. The summed E-state index contributed by atoms with van der Waals surface area (Å²) in [6.45, 7) is 3.32. The maximum absolute atomic E-state index is 13.2. The molecule has 4 rings (SSSR count). The molecule has 1 aliphatic rings. The van der Waals surface area contributed by atoms with Crippen LogP contribution in [0.3, 0.4) is 0 Å². The van der Waals surface area contributed by atoms with Crippen molar-refractivity contribution in [1.29, 1.82) is 0 Å². The Morgan fingerprint density at radius 3 is 2.44 bits per heavy atom. The number of hydrogen-bond acceptors (Lipinski definition) is 4. The Balaban J connectivity index is 1.71. The molecule has 1 amide bonds. The summed E-state index contributed by atoms with van der Waals surface area (Å²) in [4.78, 5) is 30.5. The molecule has 0 atom stereocenters. The first-order valence-corrected chi connectivity index (χ1v) is 11.8. The summed E-state index contributed by atoms with van der Waals surface area (Å²) in [6, 6.07) is 9.23. The number of H-pyrrole nitrogens is 1. The molecule has 168 valence electrons. The van der Waals surface area contributed by atoms with Crippen molar-refractivity contribution in [3.63, 3.8) is 0 Å². The maximum atomic E-state index is 13.2. The van der Waals surface area contributed by atoms with E-state index in [9.17, 15) is 22.4 Å². The number of benzene rings is 2. The van der Waals surface area contributed by atoms with Gasteiger partial charge in [0, 0.05) is 37.2 Å². The van der Waals surface area contributed by atoms with Crippen LogP contribution in [0.4, 0.5) is 10.1 Å². The van der Waals surface area contributed by atoms with Crippen molar-refractivity contribution in [2.24, 2.45) is 5.92 Å². The number of carbonyl (C=O) groups is 1. The van der Waals surface area contributed by atoms with Crippen LogP contribution in [0, 0.1) is 11.7 Å². The van der Waals surface area contributed by atoms with Crippen LogP contribution < -0.4 is 9.73 Å². The SMILES string of the molecule is CC1CCN(C(=O)c2c[nH]c3ccc(S(=O)(=O)N(C)c4ccc(F)cc4)cc3c2=O)CC1. The topological polar surface area (TPSA) is 90.6 Å². The predicted molar refractivity (Wildman–Crippen MR) is 121 cm³/mol. The molecule has 0 bridgehead atoms. The molecule has 32 heavy (non-hydrogen) atoms. The van der Waals surface area contributed by atoms with E-state index in [1.165, 1.54) is 55.7 Å². The minimum absolute atomic E-state index is 0.00603. The van der Waals surface area contributed by atoms with Gasteiger partial charge >= 0.3 is 0 Å². The number of fused-ring (bicyclic) bond motifs is 1. The molecular formula is C23H24FN3O4S. The number of aromatic nitrogens is 1.